The van der Waals surface area contributed by atoms with E-state index in [9.17, 15) is 14.7 Å². The van der Waals surface area contributed by atoms with Gasteiger partial charge in [0.25, 0.3) is 0 Å². The number of ether oxygens (including phenoxy) is 2. The van der Waals surface area contributed by atoms with Crippen molar-refractivity contribution in [2.75, 3.05) is 6.61 Å². The highest BCUT2D eigenvalue weighted by molar-refractivity contribution is 6.09. The van der Waals surface area contributed by atoms with Gasteiger partial charge in [-0.1, -0.05) is 30.3 Å². The molecule has 0 saturated heterocycles. The van der Waals surface area contributed by atoms with Crippen LogP contribution in [0.4, 0.5) is 0 Å². The van der Waals surface area contributed by atoms with Gasteiger partial charge in [0, 0.05) is 59.1 Å². The lowest BCUT2D eigenvalue weighted by atomic mass is 9.86. The van der Waals surface area contributed by atoms with Crippen molar-refractivity contribution < 1.29 is 24.2 Å². The van der Waals surface area contributed by atoms with Crippen LogP contribution in [-0.2, 0) is 24.4 Å². The van der Waals surface area contributed by atoms with Crippen molar-refractivity contribution in [3.05, 3.63) is 107 Å². The second-order valence-corrected chi connectivity index (χ2v) is 11.6. The fourth-order valence-electron chi connectivity index (χ4n) is 5.24. The molecule has 2 aromatic carbocycles. The smallest absolute Gasteiger partial charge is 0.309 e. The van der Waals surface area contributed by atoms with Gasteiger partial charge in [0.15, 0.2) is 5.78 Å². The maximum Gasteiger partial charge on any atom is 0.309 e. The lowest BCUT2D eigenvalue weighted by Gasteiger charge is -2.22. The standard InChI is InChI=1S/C36H37N3O5/c1-6-43-33-16-12-27(20-38-33)26-10-8-25(9-11-26)21-39-31-15-14-29(44-22-28-13-7-23(2)19-37-28)17-30(31)34(24(3)40)32(39)18-36(4,5)35(41)42/h7-17,19-20H,6,18,21-22H2,1-5H3,(H,41,42). The van der Waals surface area contributed by atoms with Gasteiger partial charge in [0.2, 0.25) is 5.88 Å². The first-order valence-corrected chi connectivity index (χ1v) is 14.7. The summed E-state index contributed by atoms with van der Waals surface area (Å²) in [6, 6.07) is 21.6. The number of Topliss-reactive ketones (excluding diaryl/α,β-unsaturated/α-hetero) is 1. The molecule has 44 heavy (non-hydrogen) atoms. The molecule has 8 heteroatoms. The van der Waals surface area contributed by atoms with Crippen LogP contribution in [0.1, 0.15) is 60.6 Å². The van der Waals surface area contributed by atoms with Crippen LogP contribution >= 0.6 is 0 Å². The zero-order chi connectivity index (χ0) is 31.4. The van der Waals surface area contributed by atoms with Crippen LogP contribution < -0.4 is 9.47 Å². The number of carbonyl (C=O) groups excluding carboxylic acids is 1. The topological polar surface area (TPSA) is 104 Å². The summed E-state index contributed by atoms with van der Waals surface area (Å²) in [5.74, 6) is 0.148. The number of aromatic nitrogens is 3. The van der Waals surface area contributed by atoms with Gasteiger partial charge < -0.3 is 19.1 Å². The number of carboxylic acids is 1. The van der Waals surface area contributed by atoms with E-state index in [0.717, 1.165) is 38.9 Å². The van der Waals surface area contributed by atoms with E-state index in [1.54, 1.807) is 26.2 Å². The highest BCUT2D eigenvalue weighted by Gasteiger charge is 2.32. The molecule has 8 nitrogen and oxygen atoms in total. The van der Waals surface area contributed by atoms with Crippen LogP contribution in [0.2, 0.25) is 0 Å². The predicted octanol–water partition coefficient (Wildman–Crippen LogP) is 7.29. The summed E-state index contributed by atoms with van der Waals surface area (Å²) in [5, 5.41) is 10.7. The Bertz CT molecular complexity index is 1790. The molecule has 3 heterocycles. The summed E-state index contributed by atoms with van der Waals surface area (Å²) in [5.41, 5.74) is 5.84. The SMILES string of the molecule is CCOc1ccc(-c2ccc(Cn3c(CC(C)(C)C(=O)O)c(C(C)=O)c4cc(OCc5ccc(C)cn5)ccc43)cc2)cn1. The van der Waals surface area contributed by atoms with Crippen molar-refractivity contribution in [1.29, 1.82) is 0 Å². The Morgan fingerprint density at radius 3 is 2.27 bits per heavy atom. The maximum absolute atomic E-state index is 13.2. The van der Waals surface area contributed by atoms with Crippen LogP contribution in [0, 0.1) is 12.3 Å². The molecular weight excluding hydrogens is 554 g/mol. The molecule has 0 aliphatic rings. The zero-order valence-corrected chi connectivity index (χ0v) is 25.8. The Balaban J connectivity index is 1.51. The fraction of sp³-hybridized carbons (Fsp3) is 0.278. The van der Waals surface area contributed by atoms with Gasteiger partial charge in [-0.05, 0) is 81.6 Å². The summed E-state index contributed by atoms with van der Waals surface area (Å²) in [6.45, 7) is 10.1. The van der Waals surface area contributed by atoms with Gasteiger partial charge in [-0.25, -0.2) is 4.98 Å². The van der Waals surface area contributed by atoms with Crippen LogP contribution in [0.5, 0.6) is 11.6 Å². The number of hydrogen-bond acceptors (Lipinski definition) is 6. The molecule has 0 aliphatic carbocycles. The number of carboxylic acid groups (broad SMARTS) is 1. The summed E-state index contributed by atoms with van der Waals surface area (Å²) in [4.78, 5) is 34.1. The molecular formula is C36H37N3O5. The maximum atomic E-state index is 13.2. The quantitative estimate of drug-likeness (QED) is 0.152. The van der Waals surface area contributed by atoms with Crippen molar-refractivity contribution in [3.63, 3.8) is 0 Å². The van der Waals surface area contributed by atoms with Gasteiger partial charge in [0.05, 0.1) is 17.7 Å². The van der Waals surface area contributed by atoms with E-state index in [2.05, 4.69) is 14.5 Å². The third-order valence-electron chi connectivity index (χ3n) is 7.70. The van der Waals surface area contributed by atoms with E-state index in [0.29, 0.717) is 36.0 Å². The number of fused-ring (bicyclic) bond motifs is 1. The summed E-state index contributed by atoms with van der Waals surface area (Å²) in [7, 11) is 0. The molecule has 0 aliphatic heterocycles. The van der Waals surface area contributed by atoms with Crippen LogP contribution in [-0.4, -0.2) is 38.0 Å². The van der Waals surface area contributed by atoms with Crippen molar-refractivity contribution in [1.82, 2.24) is 14.5 Å². The summed E-state index contributed by atoms with van der Waals surface area (Å²) >= 11 is 0. The normalized spacial score (nSPS) is 11.5. The molecule has 3 aromatic heterocycles. The van der Waals surface area contributed by atoms with E-state index in [-0.39, 0.29) is 18.8 Å². The summed E-state index contributed by atoms with van der Waals surface area (Å²) in [6.07, 6.45) is 3.78. The fourth-order valence-corrected chi connectivity index (χ4v) is 5.24. The number of ketones is 1. The minimum atomic E-state index is -1.09. The Kier molecular flexibility index (Phi) is 8.81. The van der Waals surface area contributed by atoms with Gasteiger partial charge >= 0.3 is 5.97 Å². The van der Waals surface area contributed by atoms with E-state index in [4.69, 9.17) is 9.47 Å². The Morgan fingerprint density at radius 1 is 0.909 bits per heavy atom. The zero-order valence-electron chi connectivity index (χ0n) is 25.8. The number of aryl methyl sites for hydroxylation is 1. The first-order valence-electron chi connectivity index (χ1n) is 14.7. The van der Waals surface area contributed by atoms with Crippen molar-refractivity contribution in [3.8, 4) is 22.8 Å². The minimum absolute atomic E-state index is 0.124. The lowest BCUT2D eigenvalue weighted by molar-refractivity contribution is -0.146. The molecule has 0 bridgehead atoms. The van der Waals surface area contributed by atoms with Crippen molar-refractivity contribution >= 4 is 22.7 Å². The number of nitrogens with zero attached hydrogens (tertiary/aromatic N) is 3. The van der Waals surface area contributed by atoms with Gasteiger partial charge in [-0.3, -0.25) is 14.6 Å². The second kappa shape index (κ2) is 12.7. The molecule has 0 saturated carbocycles. The van der Waals surface area contributed by atoms with Gasteiger partial charge in [-0.2, -0.15) is 0 Å². The average molecular weight is 592 g/mol. The molecule has 5 rings (SSSR count). The summed E-state index contributed by atoms with van der Waals surface area (Å²) < 4.78 is 13.6. The van der Waals surface area contributed by atoms with E-state index in [1.807, 2.05) is 80.6 Å². The highest BCUT2D eigenvalue weighted by atomic mass is 16.5. The van der Waals surface area contributed by atoms with Crippen molar-refractivity contribution in [2.24, 2.45) is 5.41 Å². The molecule has 5 aromatic rings. The number of hydrogen-bond donors (Lipinski definition) is 1. The third-order valence-corrected chi connectivity index (χ3v) is 7.70. The first kappa shape index (κ1) is 30.5. The Hall–Kier alpha value is -4.98. The largest absolute Gasteiger partial charge is 0.487 e. The monoisotopic (exact) mass is 591 g/mol. The third kappa shape index (κ3) is 6.64. The molecule has 0 radical (unpaired) electrons. The highest BCUT2D eigenvalue weighted by Crippen LogP contribution is 2.35. The Morgan fingerprint density at radius 2 is 1.66 bits per heavy atom. The van der Waals surface area contributed by atoms with E-state index < -0.39 is 11.4 Å². The van der Waals surface area contributed by atoms with Crippen molar-refractivity contribution in [2.45, 2.75) is 54.2 Å². The van der Waals surface area contributed by atoms with Gasteiger partial charge in [0.1, 0.15) is 12.4 Å². The molecule has 1 N–H and O–H groups in total. The molecule has 226 valence electrons. The Labute approximate surface area is 257 Å². The van der Waals surface area contributed by atoms with Crippen LogP contribution in [0.25, 0.3) is 22.0 Å². The molecule has 0 amide bonds. The predicted molar refractivity (Wildman–Crippen MR) is 170 cm³/mol. The van der Waals surface area contributed by atoms with Crippen LogP contribution in [0.15, 0.2) is 79.1 Å². The van der Waals surface area contributed by atoms with E-state index in [1.165, 1.54) is 6.92 Å². The molecule has 0 fully saturated rings. The molecule has 0 spiro atoms. The number of rotatable bonds is 12. The minimum Gasteiger partial charge on any atom is -0.487 e. The number of carbonyl (C=O) groups is 2. The average Bonchev–Trinajstić information content (AvgIpc) is 3.29. The van der Waals surface area contributed by atoms with Gasteiger partial charge in [-0.15, -0.1) is 0 Å². The van der Waals surface area contributed by atoms with E-state index >= 15 is 0 Å². The molecule has 0 unspecified atom stereocenters. The number of benzene rings is 2. The number of aliphatic carboxylic acids is 1. The lowest BCUT2D eigenvalue weighted by Crippen LogP contribution is -2.28. The number of pyridine rings is 2. The molecule has 0 atom stereocenters. The first-order chi connectivity index (χ1) is 21.1. The van der Waals surface area contributed by atoms with Crippen LogP contribution in [0.3, 0.4) is 0 Å². The second-order valence-electron chi connectivity index (χ2n) is 11.6.